The van der Waals surface area contributed by atoms with E-state index in [9.17, 15) is 13.2 Å². The molecule has 5 rings (SSSR count). The Kier molecular flexibility index (Phi) is 10.1. The first kappa shape index (κ1) is 30.7. The van der Waals surface area contributed by atoms with Crippen molar-refractivity contribution < 1.29 is 13.2 Å². The number of aromatic nitrogens is 2. The number of halogens is 1. The molecule has 0 saturated heterocycles. The number of sulfonamides is 1. The van der Waals surface area contributed by atoms with Crippen LogP contribution < -0.4 is 9.62 Å². The van der Waals surface area contributed by atoms with Crippen LogP contribution in [0.15, 0.2) is 78.9 Å². The van der Waals surface area contributed by atoms with Crippen molar-refractivity contribution in [3.05, 3.63) is 101 Å². The molecule has 2 heterocycles. The van der Waals surface area contributed by atoms with Gasteiger partial charge in [0, 0.05) is 35.7 Å². The molecule has 0 spiro atoms. The van der Waals surface area contributed by atoms with Gasteiger partial charge in [0.05, 0.1) is 22.8 Å². The van der Waals surface area contributed by atoms with Crippen LogP contribution in [0.1, 0.15) is 55.3 Å². The lowest BCUT2D eigenvalue weighted by atomic mass is 10.0. The summed E-state index contributed by atoms with van der Waals surface area (Å²) >= 11 is 6.17. The van der Waals surface area contributed by atoms with E-state index in [1.165, 1.54) is 5.56 Å². The van der Waals surface area contributed by atoms with Gasteiger partial charge in [-0.1, -0.05) is 96.7 Å². The summed E-state index contributed by atoms with van der Waals surface area (Å²) in [6, 6.07) is 25.0. The molecular formula is C34H37ClN4O3S. The van der Waals surface area contributed by atoms with E-state index < -0.39 is 15.9 Å². The predicted molar refractivity (Wildman–Crippen MR) is 173 cm³/mol. The van der Waals surface area contributed by atoms with E-state index in [2.05, 4.69) is 40.8 Å². The molecule has 9 heteroatoms. The highest BCUT2D eigenvalue weighted by atomic mass is 35.5. The average molecular weight is 617 g/mol. The number of nitrogens with zero attached hydrogens (tertiary/aromatic N) is 3. The van der Waals surface area contributed by atoms with Crippen LogP contribution in [0, 0.1) is 6.92 Å². The third kappa shape index (κ3) is 8.42. The second-order valence-corrected chi connectivity index (χ2v) is 13.2. The van der Waals surface area contributed by atoms with Gasteiger partial charge in [-0.25, -0.2) is 18.4 Å². The van der Waals surface area contributed by atoms with Gasteiger partial charge in [0.2, 0.25) is 15.9 Å². The number of rotatable bonds is 12. The van der Waals surface area contributed by atoms with Crippen molar-refractivity contribution in [3.63, 3.8) is 0 Å². The standard InChI is InChI=1S/C34H37ClN4O3S/c1-25-14-16-27(17-15-25)33-32(28-18-20-29(35)21-19-28)36-30-12-9-23-39(34(30)37-33)22-8-3-2-7-13-31(40)38-43(41,42)24-26-10-5-4-6-11-26/h4-6,10-11,14-21H,2-3,7-9,12-13,22-24H2,1H3,(H,38,40). The second kappa shape index (κ2) is 14.1. The van der Waals surface area contributed by atoms with Crippen molar-refractivity contribution in [2.45, 2.75) is 57.6 Å². The summed E-state index contributed by atoms with van der Waals surface area (Å²) in [5.41, 5.74) is 6.60. The largest absolute Gasteiger partial charge is 0.355 e. The maximum absolute atomic E-state index is 12.3. The summed E-state index contributed by atoms with van der Waals surface area (Å²) in [6.45, 7) is 3.86. The molecule has 1 amide bonds. The fourth-order valence-electron chi connectivity index (χ4n) is 5.36. The van der Waals surface area contributed by atoms with Gasteiger partial charge < -0.3 is 4.90 Å². The number of unbranched alkanes of at least 4 members (excludes halogenated alkanes) is 3. The van der Waals surface area contributed by atoms with Crippen LogP contribution in [-0.2, 0) is 27.0 Å². The molecule has 0 saturated carbocycles. The summed E-state index contributed by atoms with van der Waals surface area (Å²) in [5, 5.41) is 0.687. The maximum atomic E-state index is 12.3. The van der Waals surface area contributed by atoms with Gasteiger partial charge >= 0.3 is 0 Å². The van der Waals surface area contributed by atoms with Gasteiger partial charge in [0.15, 0.2) is 5.82 Å². The Bertz CT molecular complexity index is 1640. The number of carbonyl (C=O) groups excluding carboxylic acids is 1. The predicted octanol–water partition coefficient (Wildman–Crippen LogP) is 7.12. The minimum atomic E-state index is -3.70. The molecular weight excluding hydrogens is 580 g/mol. The first-order valence-corrected chi connectivity index (χ1v) is 16.9. The van der Waals surface area contributed by atoms with Crippen molar-refractivity contribution in [2.24, 2.45) is 0 Å². The van der Waals surface area contributed by atoms with E-state index in [-0.39, 0.29) is 12.2 Å². The Labute approximate surface area is 259 Å². The Morgan fingerprint density at radius 1 is 0.860 bits per heavy atom. The third-order valence-electron chi connectivity index (χ3n) is 7.58. The first-order chi connectivity index (χ1) is 20.8. The minimum Gasteiger partial charge on any atom is -0.355 e. The summed E-state index contributed by atoms with van der Waals surface area (Å²) in [4.78, 5) is 25.0. The highest BCUT2D eigenvalue weighted by molar-refractivity contribution is 7.89. The van der Waals surface area contributed by atoms with Gasteiger partial charge in [-0.05, 0) is 50.3 Å². The lowest BCUT2D eigenvalue weighted by Crippen LogP contribution is -2.32. The highest BCUT2D eigenvalue weighted by Gasteiger charge is 2.24. The van der Waals surface area contributed by atoms with Crippen LogP contribution >= 0.6 is 11.6 Å². The molecule has 0 fully saturated rings. The molecule has 0 unspecified atom stereocenters. The van der Waals surface area contributed by atoms with E-state index in [1.807, 2.05) is 30.3 Å². The smallest absolute Gasteiger partial charge is 0.239 e. The Hall–Kier alpha value is -3.75. The number of aryl methyl sites for hydroxylation is 2. The lowest BCUT2D eigenvalue weighted by Gasteiger charge is -2.30. The van der Waals surface area contributed by atoms with E-state index >= 15 is 0 Å². The first-order valence-electron chi connectivity index (χ1n) is 14.8. The van der Waals surface area contributed by atoms with Crippen molar-refractivity contribution in [3.8, 4) is 22.5 Å². The quantitative estimate of drug-likeness (QED) is 0.170. The lowest BCUT2D eigenvalue weighted by molar-refractivity contribution is -0.119. The van der Waals surface area contributed by atoms with Gasteiger partial charge in [0.25, 0.3) is 0 Å². The fraction of sp³-hybridized carbons (Fsp3) is 0.324. The summed E-state index contributed by atoms with van der Waals surface area (Å²) in [5.74, 6) is 0.297. The molecule has 4 aromatic rings. The van der Waals surface area contributed by atoms with Crippen LogP contribution in [0.2, 0.25) is 5.02 Å². The summed E-state index contributed by atoms with van der Waals surface area (Å²) < 4.78 is 26.8. The Balaban J connectivity index is 1.18. The second-order valence-electron chi connectivity index (χ2n) is 11.1. The zero-order chi connectivity index (χ0) is 30.2. The van der Waals surface area contributed by atoms with E-state index in [0.29, 0.717) is 17.0 Å². The van der Waals surface area contributed by atoms with Crippen LogP contribution in [0.25, 0.3) is 22.5 Å². The summed E-state index contributed by atoms with van der Waals surface area (Å²) in [7, 11) is -3.70. The zero-order valence-electron chi connectivity index (χ0n) is 24.4. The van der Waals surface area contributed by atoms with Crippen molar-refractivity contribution >= 4 is 33.3 Å². The Morgan fingerprint density at radius 2 is 1.51 bits per heavy atom. The number of fused-ring (bicyclic) bond motifs is 1. The molecule has 0 atom stereocenters. The molecule has 3 aromatic carbocycles. The van der Waals surface area contributed by atoms with Gasteiger partial charge in [-0.15, -0.1) is 0 Å². The normalized spacial score (nSPS) is 13.0. The number of nitrogens with one attached hydrogen (secondary N) is 1. The van der Waals surface area contributed by atoms with E-state index in [4.69, 9.17) is 21.6 Å². The van der Waals surface area contributed by atoms with Gasteiger partial charge in [-0.3, -0.25) is 9.52 Å². The molecule has 1 aliphatic heterocycles. The van der Waals surface area contributed by atoms with Crippen molar-refractivity contribution in [2.75, 3.05) is 18.0 Å². The van der Waals surface area contributed by atoms with Crippen LogP contribution in [0.4, 0.5) is 5.82 Å². The number of hydrogen-bond acceptors (Lipinski definition) is 6. The SMILES string of the molecule is Cc1ccc(-c2nc3c(nc2-c2ccc(Cl)cc2)CCCN3CCCCCCC(=O)NS(=O)(=O)Cc2ccccc2)cc1. The number of benzene rings is 3. The molecule has 224 valence electrons. The van der Waals surface area contributed by atoms with Crippen molar-refractivity contribution in [1.29, 1.82) is 0 Å². The molecule has 43 heavy (non-hydrogen) atoms. The number of amides is 1. The topological polar surface area (TPSA) is 92.3 Å². The molecule has 0 bridgehead atoms. The molecule has 1 aliphatic rings. The highest BCUT2D eigenvalue weighted by Crippen LogP contribution is 2.35. The van der Waals surface area contributed by atoms with Gasteiger partial charge in [-0.2, -0.15) is 0 Å². The van der Waals surface area contributed by atoms with Crippen molar-refractivity contribution in [1.82, 2.24) is 14.7 Å². The van der Waals surface area contributed by atoms with E-state index in [1.54, 1.807) is 24.3 Å². The molecule has 1 aromatic heterocycles. The van der Waals surface area contributed by atoms with Crippen LogP contribution in [0.5, 0.6) is 0 Å². The molecule has 7 nitrogen and oxygen atoms in total. The average Bonchev–Trinajstić information content (AvgIpc) is 2.99. The molecule has 0 aliphatic carbocycles. The zero-order valence-corrected chi connectivity index (χ0v) is 26.0. The third-order valence-corrected chi connectivity index (χ3v) is 9.09. The monoisotopic (exact) mass is 616 g/mol. The van der Waals surface area contributed by atoms with Crippen LogP contribution in [0.3, 0.4) is 0 Å². The Morgan fingerprint density at radius 3 is 2.23 bits per heavy atom. The summed E-state index contributed by atoms with van der Waals surface area (Å²) in [6.07, 6.45) is 5.48. The molecule has 0 radical (unpaired) electrons. The van der Waals surface area contributed by atoms with Crippen LogP contribution in [-0.4, -0.2) is 37.4 Å². The molecule has 1 N–H and O–H groups in total. The fourth-order valence-corrected chi connectivity index (χ4v) is 6.64. The number of anilines is 1. The van der Waals surface area contributed by atoms with Gasteiger partial charge in [0.1, 0.15) is 0 Å². The van der Waals surface area contributed by atoms with E-state index in [0.717, 1.165) is 79.2 Å². The maximum Gasteiger partial charge on any atom is 0.239 e. The number of carbonyl (C=O) groups is 1. The number of hydrogen-bond donors (Lipinski definition) is 1. The minimum absolute atomic E-state index is 0.194.